The molecule has 10 heteroatoms. The molecule has 0 unspecified atom stereocenters. The quantitative estimate of drug-likeness (QED) is 0.557. The van der Waals surface area contributed by atoms with Gasteiger partial charge in [0.25, 0.3) is 5.91 Å². The molecule has 2 heterocycles. The van der Waals surface area contributed by atoms with Crippen molar-refractivity contribution in [2.75, 3.05) is 18.4 Å². The minimum absolute atomic E-state index is 0.163. The molecule has 9 nitrogen and oxygen atoms in total. The lowest BCUT2D eigenvalue weighted by Crippen LogP contribution is -2.46. The van der Waals surface area contributed by atoms with Crippen LogP contribution in [0.3, 0.4) is 0 Å². The van der Waals surface area contributed by atoms with Crippen LogP contribution in [-0.2, 0) is 14.8 Å². The molecule has 1 fully saturated rings. The fourth-order valence-corrected chi connectivity index (χ4v) is 5.34. The lowest BCUT2D eigenvalue weighted by molar-refractivity contribution is -0.114. The van der Waals surface area contributed by atoms with E-state index in [1.807, 2.05) is 30.3 Å². The normalized spacial score (nSPS) is 15.1. The highest BCUT2D eigenvalue weighted by atomic mass is 32.2. The van der Waals surface area contributed by atoms with E-state index in [2.05, 4.69) is 15.6 Å². The third-order valence-electron chi connectivity index (χ3n) is 5.63. The molecule has 1 aliphatic rings. The number of benzene rings is 2. The number of amides is 2. The Bertz CT molecular complexity index is 1280. The van der Waals surface area contributed by atoms with Crippen LogP contribution >= 0.6 is 0 Å². The number of aryl methyl sites for hydroxylation is 1. The van der Waals surface area contributed by atoms with Crippen LogP contribution < -0.4 is 10.6 Å². The highest BCUT2D eigenvalue weighted by molar-refractivity contribution is 7.89. The molecule has 0 aliphatic carbocycles. The second kappa shape index (κ2) is 9.78. The summed E-state index contributed by atoms with van der Waals surface area (Å²) in [6.45, 7) is 3.65. The minimum atomic E-state index is -3.66. The number of hydrogen-bond acceptors (Lipinski definition) is 6. The first-order chi connectivity index (χ1) is 16.2. The molecule has 2 N–H and O–H groups in total. The summed E-state index contributed by atoms with van der Waals surface area (Å²) in [5, 5.41) is 5.57. The van der Waals surface area contributed by atoms with E-state index in [9.17, 15) is 18.0 Å². The highest BCUT2D eigenvalue weighted by Crippen LogP contribution is 2.24. The maximum absolute atomic E-state index is 13.0. The fraction of sp³-hybridized carbons (Fsp3) is 0.292. The monoisotopic (exact) mass is 482 g/mol. The Morgan fingerprint density at radius 2 is 1.68 bits per heavy atom. The first kappa shape index (κ1) is 23.7. The van der Waals surface area contributed by atoms with Crippen LogP contribution in [0.15, 0.2) is 63.9 Å². The number of sulfonamides is 1. The zero-order valence-electron chi connectivity index (χ0n) is 18.9. The van der Waals surface area contributed by atoms with Crippen molar-refractivity contribution in [1.29, 1.82) is 0 Å². The van der Waals surface area contributed by atoms with Gasteiger partial charge in [-0.2, -0.15) is 4.31 Å². The summed E-state index contributed by atoms with van der Waals surface area (Å²) in [6.07, 6.45) is 0.967. The van der Waals surface area contributed by atoms with Crippen molar-refractivity contribution < 1.29 is 22.4 Å². The molecular formula is C24H26N4O5S. The average Bonchev–Trinajstić information content (AvgIpc) is 3.22. The standard InChI is InChI=1S/C24H26N4O5S/c1-16-22(27-24(33-16)18-6-4-3-5-7-18)23(30)26-20-12-14-28(15-13-20)34(31,32)21-10-8-19(9-11-21)25-17(2)29/h3-11,20H,12-15H2,1-2H3,(H,25,29)(H,26,30). The largest absolute Gasteiger partial charge is 0.441 e. The van der Waals surface area contributed by atoms with E-state index < -0.39 is 10.0 Å². The summed E-state index contributed by atoms with van der Waals surface area (Å²) < 4.78 is 33.0. The Kier molecular flexibility index (Phi) is 6.80. The summed E-state index contributed by atoms with van der Waals surface area (Å²) >= 11 is 0. The lowest BCUT2D eigenvalue weighted by atomic mass is 10.1. The number of aromatic nitrogens is 1. The van der Waals surface area contributed by atoms with Gasteiger partial charge in [0.1, 0.15) is 5.76 Å². The fourth-order valence-electron chi connectivity index (χ4n) is 3.87. The van der Waals surface area contributed by atoms with Crippen molar-refractivity contribution in [1.82, 2.24) is 14.6 Å². The second-order valence-corrected chi connectivity index (χ2v) is 10.1. The van der Waals surface area contributed by atoms with E-state index in [1.54, 1.807) is 19.1 Å². The van der Waals surface area contributed by atoms with E-state index in [1.165, 1.54) is 23.4 Å². The van der Waals surface area contributed by atoms with Gasteiger partial charge >= 0.3 is 0 Å². The third-order valence-corrected chi connectivity index (χ3v) is 7.55. The van der Waals surface area contributed by atoms with Crippen LogP contribution in [-0.4, -0.2) is 48.7 Å². The molecule has 0 atom stereocenters. The Morgan fingerprint density at radius 1 is 1.03 bits per heavy atom. The molecule has 0 bridgehead atoms. The minimum Gasteiger partial charge on any atom is -0.441 e. The molecule has 0 saturated carbocycles. The van der Waals surface area contributed by atoms with Gasteiger partial charge in [-0.15, -0.1) is 0 Å². The first-order valence-corrected chi connectivity index (χ1v) is 12.4. The lowest BCUT2D eigenvalue weighted by Gasteiger charge is -2.31. The summed E-state index contributed by atoms with van der Waals surface area (Å²) in [7, 11) is -3.66. The Hall–Kier alpha value is -3.50. The van der Waals surface area contributed by atoms with Gasteiger partial charge in [0.2, 0.25) is 21.8 Å². The van der Waals surface area contributed by atoms with E-state index >= 15 is 0 Å². The van der Waals surface area contributed by atoms with E-state index in [0.717, 1.165) is 5.56 Å². The number of rotatable bonds is 6. The molecule has 0 radical (unpaired) electrons. The van der Waals surface area contributed by atoms with Crippen LogP contribution in [0, 0.1) is 6.92 Å². The van der Waals surface area contributed by atoms with Crippen molar-refractivity contribution in [3.8, 4) is 11.5 Å². The summed E-state index contributed by atoms with van der Waals surface area (Å²) in [4.78, 5) is 28.5. The number of nitrogens with one attached hydrogen (secondary N) is 2. The van der Waals surface area contributed by atoms with E-state index in [4.69, 9.17) is 4.42 Å². The van der Waals surface area contributed by atoms with Gasteiger partial charge in [-0.05, 0) is 56.2 Å². The molecule has 1 aliphatic heterocycles. The third kappa shape index (κ3) is 5.18. The van der Waals surface area contributed by atoms with Gasteiger partial charge in [0, 0.05) is 37.3 Å². The van der Waals surface area contributed by atoms with Crippen molar-refractivity contribution >= 4 is 27.5 Å². The molecule has 3 aromatic rings. The van der Waals surface area contributed by atoms with Crippen molar-refractivity contribution in [3.05, 3.63) is 66.1 Å². The van der Waals surface area contributed by atoms with Crippen LogP contribution in [0.1, 0.15) is 36.0 Å². The molecule has 34 heavy (non-hydrogen) atoms. The summed E-state index contributed by atoms with van der Waals surface area (Å²) in [5.41, 5.74) is 1.55. The van der Waals surface area contributed by atoms with Crippen molar-refractivity contribution in [2.24, 2.45) is 0 Å². The zero-order chi connectivity index (χ0) is 24.3. The number of nitrogens with zero attached hydrogens (tertiary/aromatic N) is 2. The van der Waals surface area contributed by atoms with Crippen LogP contribution in [0.2, 0.25) is 0 Å². The Labute approximate surface area is 198 Å². The Morgan fingerprint density at radius 3 is 2.29 bits per heavy atom. The molecule has 0 spiro atoms. The molecule has 2 aromatic carbocycles. The van der Waals surface area contributed by atoms with Crippen LogP contribution in [0.4, 0.5) is 5.69 Å². The summed E-state index contributed by atoms with van der Waals surface area (Å²) in [6, 6.07) is 15.3. The van der Waals surface area contributed by atoms with Crippen LogP contribution in [0.25, 0.3) is 11.5 Å². The Balaban J connectivity index is 1.36. The van der Waals surface area contributed by atoms with Crippen molar-refractivity contribution in [3.63, 3.8) is 0 Å². The molecule has 4 rings (SSSR count). The van der Waals surface area contributed by atoms with Crippen molar-refractivity contribution in [2.45, 2.75) is 37.6 Å². The van der Waals surface area contributed by atoms with Gasteiger partial charge in [0.05, 0.1) is 4.90 Å². The molecule has 1 aromatic heterocycles. The predicted octanol–water partition coefficient (Wildman–Crippen LogP) is 3.19. The van der Waals surface area contributed by atoms with E-state index in [0.29, 0.717) is 30.2 Å². The maximum atomic E-state index is 13.0. The molecule has 2 amide bonds. The SMILES string of the molecule is CC(=O)Nc1ccc(S(=O)(=O)N2CCC(NC(=O)c3nc(-c4ccccc4)oc3C)CC2)cc1. The van der Waals surface area contributed by atoms with Gasteiger partial charge in [0.15, 0.2) is 5.69 Å². The van der Waals surface area contributed by atoms with Gasteiger partial charge in [-0.3, -0.25) is 9.59 Å². The van der Waals surface area contributed by atoms with Gasteiger partial charge in [-0.1, -0.05) is 18.2 Å². The number of piperidine rings is 1. The smallest absolute Gasteiger partial charge is 0.273 e. The molecule has 178 valence electrons. The second-order valence-electron chi connectivity index (χ2n) is 8.15. The molecule has 1 saturated heterocycles. The average molecular weight is 483 g/mol. The van der Waals surface area contributed by atoms with E-state index in [-0.39, 0.29) is 41.5 Å². The van der Waals surface area contributed by atoms with Gasteiger partial charge < -0.3 is 15.1 Å². The summed E-state index contributed by atoms with van der Waals surface area (Å²) in [5.74, 6) is 0.253. The maximum Gasteiger partial charge on any atom is 0.273 e. The van der Waals surface area contributed by atoms with Crippen LogP contribution in [0.5, 0.6) is 0 Å². The van der Waals surface area contributed by atoms with Gasteiger partial charge in [-0.25, -0.2) is 13.4 Å². The highest BCUT2D eigenvalue weighted by Gasteiger charge is 2.31. The number of anilines is 1. The topological polar surface area (TPSA) is 122 Å². The number of carbonyl (C=O) groups excluding carboxylic acids is 2. The zero-order valence-corrected chi connectivity index (χ0v) is 19.8. The number of carbonyl (C=O) groups is 2. The number of hydrogen-bond donors (Lipinski definition) is 2. The molecular weight excluding hydrogens is 456 g/mol. The predicted molar refractivity (Wildman–Crippen MR) is 127 cm³/mol. The number of oxazole rings is 1. The first-order valence-electron chi connectivity index (χ1n) is 11.0.